The quantitative estimate of drug-likeness (QED) is 0.877. The summed E-state index contributed by atoms with van der Waals surface area (Å²) in [5.41, 5.74) is 1.26. The molecule has 1 aliphatic heterocycles. The van der Waals surface area contributed by atoms with Crippen LogP contribution in [-0.2, 0) is 18.4 Å². The monoisotopic (exact) mass is 328 g/mol. The van der Waals surface area contributed by atoms with Crippen molar-refractivity contribution in [2.45, 2.75) is 12.6 Å². The molecule has 1 aromatic carbocycles. The third kappa shape index (κ3) is 3.62. The molecule has 1 aliphatic rings. The van der Waals surface area contributed by atoms with Crippen LogP contribution >= 0.6 is 0 Å². The highest BCUT2D eigenvalue weighted by atomic mass is 16.3. The Balaban J connectivity index is 1.73. The van der Waals surface area contributed by atoms with Crippen LogP contribution in [0, 0.1) is 0 Å². The standard InChI is InChI=1S/C17H20N4O3/c1-19-10-15(18-12-19)17(24)21-9-14(22)8-20(16(23)11-21)7-13-5-3-2-4-6-13/h2-6,10,12,14,22H,7-9,11H2,1H3. The third-order valence-corrected chi connectivity index (χ3v) is 3.97. The van der Waals surface area contributed by atoms with E-state index in [4.69, 9.17) is 0 Å². The summed E-state index contributed by atoms with van der Waals surface area (Å²) >= 11 is 0. The van der Waals surface area contributed by atoms with E-state index < -0.39 is 6.10 Å². The van der Waals surface area contributed by atoms with Gasteiger partial charge in [-0.2, -0.15) is 0 Å². The van der Waals surface area contributed by atoms with E-state index in [0.29, 0.717) is 6.54 Å². The van der Waals surface area contributed by atoms with E-state index in [2.05, 4.69) is 4.98 Å². The number of aryl methyl sites for hydroxylation is 1. The number of nitrogens with zero attached hydrogens (tertiary/aromatic N) is 4. The van der Waals surface area contributed by atoms with E-state index in [0.717, 1.165) is 5.56 Å². The Morgan fingerprint density at radius 3 is 2.71 bits per heavy atom. The van der Waals surface area contributed by atoms with Gasteiger partial charge in [0.05, 0.1) is 12.4 Å². The van der Waals surface area contributed by atoms with Crippen molar-refractivity contribution >= 4 is 11.8 Å². The number of β-amino-alcohol motifs (C(OH)–C–C–N with tert-alkyl or cyclic N) is 1. The van der Waals surface area contributed by atoms with Gasteiger partial charge < -0.3 is 19.5 Å². The molecule has 1 fully saturated rings. The minimum atomic E-state index is -0.784. The lowest BCUT2D eigenvalue weighted by Gasteiger charge is -2.21. The molecule has 2 amide bonds. The van der Waals surface area contributed by atoms with Gasteiger partial charge in [-0.25, -0.2) is 4.98 Å². The molecule has 0 bridgehead atoms. The number of carbonyl (C=O) groups is 2. The molecule has 0 radical (unpaired) electrons. The molecule has 1 saturated heterocycles. The van der Waals surface area contributed by atoms with Crippen LogP contribution in [0.1, 0.15) is 16.1 Å². The van der Waals surface area contributed by atoms with Crippen LogP contribution < -0.4 is 0 Å². The molecule has 1 aromatic heterocycles. The average Bonchev–Trinajstić information content (AvgIpc) is 2.94. The average molecular weight is 328 g/mol. The first-order chi connectivity index (χ1) is 11.5. The van der Waals surface area contributed by atoms with Gasteiger partial charge in [0.25, 0.3) is 5.91 Å². The number of carbonyl (C=O) groups excluding carboxylic acids is 2. The molecular formula is C17H20N4O3. The first kappa shape index (κ1) is 16.2. The number of imidazole rings is 1. The largest absolute Gasteiger partial charge is 0.389 e. The number of rotatable bonds is 3. The van der Waals surface area contributed by atoms with Gasteiger partial charge in [-0.1, -0.05) is 30.3 Å². The van der Waals surface area contributed by atoms with Gasteiger partial charge >= 0.3 is 0 Å². The molecular weight excluding hydrogens is 308 g/mol. The van der Waals surface area contributed by atoms with Gasteiger partial charge in [0, 0.05) is 32.9 Å². The zero-order valence-corrected chi connectivity index (χ0v) is 13.5. The fourth-order valence-electron chi connectivity index (χ4n) is 2.79. The lowest BCUT2D eigenvalue weighted by Crippen LogP contribution is -2.39. The number of hydrogen-bond acceptors (Lipinski definition) is 4. The van der Waals surface area contributed by atoms with Crippen molar-refractivity contribution in [2.24, 2.45) is 7.05 Å². The van der Waals surface area contributed by atoms with Crippen LogP contribution in [-0.4, -0.2) is 62.0 Å². The van der Waals surface area contributed by atoms with E-state index in [1.54, 1.807) is 22.7 Å². The van der Waals surface area contributed by atoms with Crippen LogP contribution in [0.15, 0.2) is 42.9 Å². The second kappa shape index (κ2) is 6.84. The molecule has 2 heterocycles. The van der Waals surface area contributed by atoms with Gasteiger partial charge in [0.15, 0.2) is 0 Å². The summed E-state index contributed by atoms with van der Waals surface area (Å²) in [6, 6.07) is 9.59. The summed E-state index contributed by atoms with van der Waals surface area (Å²) in [7, 11) is 1.77. The fourth-order valence-corrected chi connectivity index (χ4v) is 2.79. The van der Waals surface area contributed by atoms with E-state index >= 15 is 0 Å². The molecule has 126 valence electrons. The first-order valence-electron chi connectivity index (χ1n) is 7.80. The van der Waals surface area contributed by atoms with Gasteiger partial charge in [0.2, 0.25) is 5.91 Å². The van der Waals surface area contributed by atoms with Crippen LogP contribution in [0.5, 0.6) is 0 Å². The van der Waals surface area contributed by atoms with Crippen molar-refractivity contribution in [3.8, 4) is 0 Å². The maximum atomic E-state index is 12.5. The highest BCUT2D eigenvalue weighted by Gasteiger charge is 2.30. The minimum Gasteiger partial charge on any atom is -0.389 e. The van der Waals surface area contributed by atoms with Gasteiger partial charge in [-0.15, -0.1) is 0 Å². The van der Waals surface area contributed by atoms with Crippen LogP contribution in [0.4, 0.5) is 0 Å². The fraction of sp³-hybridized carbons (Fsp3) is 0.353. The maximum absolute atomic E-state index is 12.5. The summed E-state index contributed by atoms with van der Waals surface area (Å²) in [6.07, 6.45) is 2.35. The van der Waals surface area contributed by atoms with Crippen molar-refractivity contribution in [1.29, 1.82) is 0 Å². The summed E-state index contributed by atoms with van der Waals surface area (Å²) < 4.78 is 1.67. The molecule has 7 nitrogen and oxygen atoms in total. The van der Waals surface area contributed by atoms with Crippen LogP contribution in [0.3, 0.4) is 0 Å². The number of aliphatic hydroxyl groups is 1. The number of benzene rings is 1. The normalized spacial score (nSPS) is 18.6. The van der Waals surface area contributed by atoms with Crippen LogP contribution in [0.2, 0.25) is 0 Å². The molecule has 3 rings (SSSR count). The van der Waals surface area contributed by atoms with Crippen molar-refractivity contribution in [2.75, 3.05) is 19.6 Å². The topological polar surface area (TPSA) is 78.7 Å². The molecule has 1 atom stereocenters. The molecule has 0 saturated carbocycles. The number of hydrogen-bond donors (Lipinski definition) is 1. The molecule has 0 spiro atoms. The van der Waals surface area contributed by atoms with Crippen molar-refractivity contribution < 1.29 is 14.7 Å². The SMILES string of the molecule is Cn1cnc(C(=O)N2CC(=O)N(Cc3ccccc3)CC(O)C2)c1. The molecule has 1 unspecified atom stereocenters. The zero-order valence-electron chi connectivity index (χ0n) is 13.5. The molecule has 1 N–H and O–H groups in total. The van der Waals surface area contributed by atoms with Crippen molar-refractivity contribution in [3.05, 3.63) is 54.1 Å². The number of amides is 2. The maximum Gasteiger partial charge on any atom is 0.274 e. The predicted molar refractivity (Wildman–Crippen MR) is 87.0 cm³/mol. The van der Waals surface area contributed by atoms with Gasteiger partial charge in [-0.05, 0) is 5.56 Å². The summed E-state index contributed by atoms with van der Waals surface area (Å²) in [6.45, 7) is 0.688. The molecule has 24 heavy (non-hydrogen) atoms. The highest BCUT2D eigenvalue weighted by Crippen LogP contribution is 2.12. The minimum absolute atomic E-state index is 0.0562. The number of aromatic nitrogens is 2. The Hall–Kier alpha value is -2.67. The lowest BCUT2D eigenvalue weighted by molar-refractivity contribution is -0.131. The Kier molecular flexibility index (Phi) is 4.61. The Morgan fingerprint density at radius 2 is 2.04 bits per heavy atom. The Morgan fingerprint density at radius 1 is 1.29 bits per heavy atom. The van der Waals surface area contributed by atoms with Crippen LogP contribution in [0.25, 0.3) is 0 Å². The van der Waals surface area contributed by atoms with E-state index in [9.17, 15) is 14.7 Å². The second-order valence-corrected chi connectivity index (χ2v) is 6.02. The van der Waals surface area contributed by atoms with Crippen molar-refractivity contribution in [1.82, 2.24) is 19.4 Å². The van der Waals surface area contributed by atoms with E-state index in [1.165, 1.54) is 11.2 Å². The lowest BCUT2D eigenvalue weighted by atomic mass is 10.2. The molecule has 0 aliphatic carbocycles. The van der Waals surface area contributed by atoms with Crippen molar-refractivity contribution in [3.63, 3.8) is 0 Å². The summed E-state index contributed by atoms with van der Waals surface area (Å²) in [5.74, 6) is -0.524. The highest BCUT2D eigenvalue weighted by molar-refractivity contribution is 5.95. The molecule has 7 heteroatoms. The molecule has 2 aromatic rings. The Bertz CT molecular complexity index is 728. The third-order valence-electron chi connectivity index (χ3n) is 3.97. The number of aliphatic hydroxyl groups excluding tert-OH is 1. The predicted octanol–water partition coefficient (Wildman–Crippen LogP) is 0.266. The zero-order chi connectivity index (χ0) is 17.1. The van der Waals surface area contributed by atoms with Gasteiger partial charge in [0.1, 0.15) is 12.2 Å². The Labute approximate surface area is 140 Å². The summed E-state index contributed by atoms with van der Waals surface area (Å²) in [4.78, 5) is 32.0. The first-order valence-corrected chi connectivity index (χ1v) is 7.80. The van der Waals surface area contributed by atoms with E-state index in [1.807, 2.05) is 30.3 Å². The van der Waals surface area contributed by atoms with E-state index in [-0.39, 0.29) is 37.1 Å². The smallest absolute Gasteiger partial charge is 0.274 e. The second-order valence-electron chi connectivity index (χ2n) is 6.02. The van der Waals surface area contributed by atoms with Gasteiger partial charge in [-0.3, -0.25) is 9.59 Å². The summed E-state index contributed by atoms with van der Waals surface area (Å²) in [5, 5.41) is 10.2.